The van der Waals surface area contributed by atoms with Gasteiger partial charge in [-0.1, -0.05) is 6.92 Å². The van der Waals surface area contributed by atoms with Crippen LogP contribution in [0.3, 0.4) is 0 Å². The maximum atomic E-state index is 12.7. The van der Waals surface area contributed by atoms with Gasteiger partial charge in [-0.15, -0.1) is 11.3 Å². The summed E-state index contributed by atoms with van der Waals surface area (Å²) in [5.41, 5.74) is 6.97. The molecule has 3 rings (SSSR count). The van der Waals surface area contributed by atoms with Gasteiger partial charge in [-0.05, 0) is 30.2 Å². The highest BCUT2D eigenvalue weighted by molar-refractivity contribution is 7.17. The SMILES string of the molecule is C[C@@H]1CCCN(C(=O)c2cnc(-c3ccsc3)s2)[C@H]1CN. The third-order valence-electron chi connectivity index (χ3n) is 4.10. The molecule has 6 heteroatoms. The van der Waals surface area contributed by atoms with Gasteiger partial charge in [-0.25, -0.2) is 4.98 Å². The molecule has 1 aliphatic rings. The van der Waals surface area contributed by atoms with Gasteiger partial charge in [0.1, 0.15) is 9.88 Å². The molecule has 21 heavy (non-hydrogen) atoms. The summed E-state index contributed by atoms with van der Waals surface area (Å²) < 4.78 is 0. The Morgan fingerprint density at radius 1 is 1.57 bits per heavy atom. The lowest BCUT2D eigenvalue weighted by Crippen LogP contribution is -2.51. The van der Waals surface area contributed by atoms with Gasteiger partial charge < -0.3 is 10.6 Å². The van der Waals surface area contributed by atoms with E-state index < -0.39 is 0 Å². The van der Waals surface area contributed by atoms with Crippen molar-refractivity contribution in [3.05, 3.63) is 27.9 Å². The van der Waals surface area contributed by atoms with Crippen molar-refractivity contribution >= 4 is 28.6 Å². The van der Waals surface area contributed by atoms with Crippen molar-refractivity contribution in [3.63, 3.8) is 0 Å². The Morgan fingerprint density at radius 2 is 2.43 bits per heavy atom. The minimum absolute atomic E-state index is 0.0796. The van der Waals surface area contributed by atoms with Gasteiger partial charge >= 0.3 is 0 Å². The highest BCUT2D eigenvalue weighted by Crippen LogP contribution is 2.30. The van der Waals surface area contributed by atoms with Crippen molar-refractivity contribution in [1.29, 1.82) is 0 Å². The molecule has 1 amide bonds. The van der Waals surface area contributed by atoms with Crippen LogP contribution in [0, 0.1) is 5.92 Å². The molecule has 4 nitrogen and oxygen atoms in total. The van der Waals surface area contributed by atoms with Crippen LogP contribution >= 0.6 is 22.7 Å². The number of nitrogens with zero attached hydrogens (tertiary/aromatic N) is 2. The van der Waals surface area contributed by atoms with E-state index in [0.717, 1.165) is 30.0 Å². The van der Waals surface area contributed by atoms with Crippen LogP contribution in [0.5, 0.6) is 0 Å². The molecule has 2 aromatic rings. The van der Waals surface area contributed by atoms with E-state index in [1.54, 1.807) is 17.5 Å². The Hall–Kier alpha value is -1.24. The molecule has 0 unspecified atom stereocenters. The maximum absolute atomic E-state index is 12.7. The topological polar surface area (TPSA) is 59.2 Å². The highest BCUT2D eigenvalue weighted by atomic mass is 32.1. The van der Waals surface area contributed by atoms with Crippen molar-refractivity contribution in [2.24, 2.45) is 11.7 Å². The molecular weight excluding hydrogens is 302 g/mol. The molecule has 3 heterocycles. The molecule has 0 radical (unpaired) electrons. The predicted molar refractivity (Wildman–Crippen MR) is 87.7 cm³/mol. The van der Waals surface area contributed by atoms with Crippen molar-refractivity contribution in [2.45, 2.75) is 25.8 Å². The number of carbonyl (C=O) groups excluding carboxylic acids is 1. The average Bonchev–Trinajstić information content (AvgIpc) is 3.16. The monoisotopic (exact) mass is 321 g/mol. The van der Waals surface area contributed by atoms with Gasteiger partial charge in [-0.2, -0.15) is 11.3 Å². The number of hydrogen-bond acceptors (Lipinski definition) is 5. The molecule has 0 aliphatic carbocycles. The van der Waals surface area contributed by atoms with E-state index in [4.69, 9.17) is 5.73 Å². The van der Waals surface area contributed by atoms with Crippen LogP contribution in [0.25, 0.3) is 10.6 Å². The van der Waals surface area contributed by atoms with E-state index >= 15 is 0 Å². The fourth-order valence-electron chi connectivity index (χ4n) is 2.89. The summed E-state index contributed by atoms with van der Waals surface area (Å²) in [7, 11) is 0. The van der Waals surface area contributed by atoms with Gasteiger partial charge in [0.05, 0.1) is 6.20 Å². The Bertz CT molecular complexity index is 608. The zero-order valence-corrected chi connectivity index (χ0v) is 13.6. The van der Waals surface area contributed by atoms with Crippen molar-refractivity contribution in [3.8, 4) is 10.6 Å². The van der Waals surface area contributed by atoms with Gasteiger partial charge in [0.25, 0.3) is 5.91 Å². The highest BCUT2D eigenvalue weighted by Gasteiger charge is 2.32. The minimum Gasteiger partial charge on any atom is -0.333 e. The standard InChI is InChI=1S/C15H19N3OS2/c1-10-3-2-5-18(12(10)7-16)15(19)13-8-17-14(21-13)11-4-6-20-9-11/h4,6,8-10,12H,2-3,5,7,16H2,1H3/t10-,12+/m1/s1. The molecular formula is C15H19N3OS2. The molecule has 2 aromatic heterocycles. The first kappa shape index (κ1) is 14.7. The Morgan fingerprint density at radius 3 is 3.14 bits per heavy atom. The Labute approximate surface area is 132 Å². The second kappa shape index (κ2) is 6.25. The van der Waals surface area contributed by atoms with Crippen LogP contribution in [0.15, 0.2) is 23.0 Å². The summed E-state index contributed by atoms with van der Waals surface area (Å²) in [4.78, 5) is 19.8. The van der Waals surface area contributed by atoms with Crippen molar-refractivity contribution < 1.29 is 4.79 Å². The van der Waals surface area contributed by atoms with E-state index in [2.05, 4.69) is 17.3 Å². The molecule has 0 saturated carbocycles. The van der Waals surface area contributed by atoms with Crippen molar-refractivity contribution in [1.82, 2.24) is 9.88 Å². The minimum atomic E-state index is 0.0796. The van der Waals surface area contributed by atoms with Crippen LogP contribution in [-0.4, -0.2) is 34.9 Å². The van der Waals surface area contributed by atoms with E-state index in [9.17, 15) is 4.79 Å². The summed E-state index contributed by atoms with van der Waals surface area (Å²) >= 11 is 3.11. The number of piperidine rings is 1. The largest absolute Gasteiger partial charge is 0.333 e. The first-order chi connectivity index (χ1) is 10.2. The number of nitrogens with two attached hydrogens (primary N) is 1. The molecule has 1 aliphatic heterocycles. The Balaban J connectivity index is 1.81. The number of thiophene rings is 1. The van der Waals surface area contributed by atoms with Crippen LogP contribution < -0.4 is 5.73 Å². The molecule has 2 atom stereocenters. The van der Waals surface area contributed by atoms with Crippen LogP contribution in [-0.2, 0) is 0 Å². The zero-order chi connectivity index (χ0) is 14.8. The van der Waals surface area contributed by atoms with Crippen LogP contribution in [0.1, 0.15) is 29.4 Å². The number of hydrogen-bond donors (Lipinski definition) is 1. The van der Waals surface area contributed by atoms with Gasteiger partial charge in [0.15, 0.2) is 0 Å². The lowest BCUT2D eigenvalue weighted by molar-refractivity contribution is 0.0537. The van der Waals surface area contributed by atoms with Crippen molar-refractivity contribution in [2.75, 3.05) is 13.1 Å². The first-order valence-electron chi connectivity index (χ1n) is 7.20. The third-order valence-corrected chi connectivity index (χ3v) is 5.82. The molecule has 0 spiro atoms. The molecule has 1 saturated heterocycles. The molecule has 1 fully saturated rings. The smallest absolute Gasteiger partial charge is 0.265 e. The zero-order valence-electron chi connectivity index (χ0n) is 12.0. The van der Waals surface area contributed by atoms with E-state index in [1.165, 1.54) is 11.3 Å². The molecule has 0 aromatic carbocycles. The van der Waals surface area contributed by atoms with E-state index in [0.29, 0.717) is 17.3 Å². The Kier molecular flexibility index (Phi) is 4.37. The summed E-state index contributed by atoms with van der Waals surface area (Å²) in [5, 5.41) is 4.99. The maximum Gasteiger partial charge on any atom is 0.265 e. The number of carbonyl (C=O) groups is 1. The van der Waals surface area contributed by atoms with E-state index in [1.807, 2.05) is 16.3 Å². The number of likely N-dealkylation sites (tertiary alicyclic amines) is 1. The fraction of sp³-hybridized carbons (Fsp3) is 0.467. The van der Waals surface area contributed by atoms with Crippen LogP contribution in [0.2, 0.25) is 0 Å². The third kappa shape index (κ3) is 2.88. The average molecular weight is 321 g/mol. The molecule has 112 valence electrons. The summed E-state index contributed by atoms with van der Waals surface area (Å²) in [6.45, 7) is 3.51. The number of thiazole rings is 1. The second-order valence-electron chi connectivity index (χ2n) is 5.46. The number of aromatic nitrogens is 1. The summed E-state index contributed by atoms with van der Waals surface area (Å²) in [6, 6.07) is 2.18. The quantitative estimate of drug-likeness (QED) is 0.945. The molecule has 2 N–H and O–H groups in total. The summed E-state index contributed by atoms with van der Waals surface area (Å²) in [5.74, 6) is 0.549. The van der Waals surface area contributed by atoms with Gasteiger partial charge in [0, 0.05) is 30.1 Å². The second-order valence-corrected chi connectivity index (χ2v) is 7.27. The first-order valence-corrected chi connectivity index (χ1v) is 8.96. The van der Waals surface area contributed by atoms with Crippen LogP contribution in [0.4, 0.5) is 0 Å². The lowest BCUT2D eigenvalue weighted by Gasteiger charge is -2.39. The molecule has 0 bridgehead atoms. The fourth-order valence-corrected chi connectivity index (χ4v) is 4.48. The lowest BCUT2D eigenvalue weighted by atomic mass is 9.90. The number of amides is 1. The number of rotatable bonds is 3. The predicted octanol–water partition coefficient (Wildman–Crippen LogP) is 3.07. The van der Waals surface area contributed by atoms with E-state index in [-0.39, 0.29) is 11.9 Å². The van der Waals surface area contributed by atoms with Gasteiger partial charge in [0.2, 0.25) is 0 Å². The summed E-state index contributed by atoms with van der Waals surface area (Å²) in [6.07, 6.45) is 3.90. The normalized spacial score (nSPS) is 22.5. The van der Waals surface area contributed by atoms with Gasteiger partial charge in [-0.3, -0.25) is 4.79 Å².